The molecule has 0 aliphatic carbocycles. The number of benzene rings is 2. The molecule has 1 aromatic heterocycles. The van der Waals surface area contributed by atoms with Crippen molar-refractivity contribution in [2.24, 2.45) is 0 Å². The van der Waals surface area contributed by atoms with Crippen molar-refractivity contribution in [2.45, 2.75) is 38.5 Å². The van der Waals surface area contributed by atoms with Crippen LogP contribution >= 0.6 is 0 Å². The van der Waals surface area contributed by atoms with Crippen LogP contribution in [0.1, 0.15) is 26.0 Å². The van der Waals surface area contributed by atoms with Crippen LogP contribution in [0.15, 0.2) is 60.7 Å². The molecule has 0 saturated carbocycles. The van der Waals surface area contributed by atoms with Crippen molar-refractivity contribution in [3.8, 4) is 11.5 Å². The number of carboxylic acid groups (broad SMARTS) is 1. The average molecular weight is 464 g/mol. The van der Waals surface area contributed by atoms with Crippen molar-refractivity contribution in [3.05, 3.63) is 66.4 Å². The molecule has 1 saturated heterocycles. The number of aromatic nitrogens is 1. The van der Waals surface area contributed by atoms with Crippen LogP contribution in [0.25, 0.3) is 10.9 Å². The van der Waals surface area contributed by atoms with Gasteiger partial charge in [0.15, 0.2) is 5.60 Å². The monoisotopic (exact) mass is 463 g/mol. The van der Waals surface area contributed by atoms with Crippen molar-refractivity contribution in [1.82, 2.24) is 14.8 Å². The fraction of sp³-hybridized carbons (Fsp3) is 0.346. The molecule has 8 heteroatoms. The van der Waals surface area contributed by atoms with E-state index in [1.54, 1.807) is 29.2 Å². The van der Waals surface area contributed by atoms with Gasteiger partial charge in [0.1, 0.15) is 11.5 Å². The minimum atomic E-state index is -1.31. The summed E-state index contributed by atoms with van der Waals surface area (Å²) in [6, 6.07) is 18.8. The lowest BCUT2D eigenvalue weighted by atomic mass is 10.1. The van der Waals surface area contributed by atoms with Gasteiger partial charge in [0, 0.05) is 25.4 Å². The average Bonchev–Trinajstić information content (AvgIpc) is 3.07. The molecule has 1 N–H and O–H groups in total. The lowest BCUT2D eigenvalue weighted by Crippen LogP contribution is -2.37. The zero-order valence-corrected chi connectivity index (χ0v) is 19.6. The molecule has 0 unspecified atom stereocenters. The Kier molecular flexibility index (Phi) is 6.58. The van der Waals surface area contributed by atoms with Crippen LogP contribution in [0.4, 0.5) is 4.79 Å². The predicted octanol–water partition coefficient (Wildman–Crippen LogP) is 4.18. The number of rotatable bonds is 9. The molecule has 4 rings (SSSR count). The number of pyridine rings is 1. The zero-order chi connectivity index (χ0) is 24.3. The number of nitrogens with zero attached hydrogens (tertiary/aromatic N) is 3. The van der Waals surface area contributed by atoms with Gasteiger partial charge in [0.05, 0.1) is 30.4 Å². The lowest BCUT2D eigenvalue weighted by Gasteiger charge is -2.21. The van der Waals surface area contributed by atoms with E-state index in [-0.39, 0.29) is 12.1 Å². The Morgan fingerprint density at radius 3 is 2.53 bits per heavy atom. The Hall–Kier alpha value is -3.81. The van der Waals surface area contributed by atoms with Crippen molar-refractivity contribution < 1.29 is 24.2 Å². The summed E-state index contributed by atoms with van der Waals surface area (Å²) in [4.78, 5) is 32.2. The van der Waals surface area contributed by atoms with Gasteiger partial charge in [-0.1, -0.05) is 24.3 Å². The number of carbonyl (C=O) groups excluding carboxylic acids is 1. The SMILES string of the molecule is CN1C(=O)N(Cc2ccc3ccccc3n2)C[C@H]1CCOc1ccc(OC(C)(C)C(=O)O)cc1. The predicted molar refractivity (Wildman–Crippen MR) is 128 cm³/mol. The normalized spacial score (nSPS) is 16.2. The molecule has 0 bridgehead atoms. The van der Waals surface area contributed by atoms with Crippen molar-refractivity contribution in [3.63, 3.8) is 0 Å². The molecule has 8 nitrogen and oxygen atoms in total. The van der Waals surface area contributed by atoms with Gasteiger partial charge >= 0.3 is 12.0 Å². The topological polar surface area (TPSA) is 92.2 Å². The van der Waals surface area contributed by atoms with E-state index in [9.17, 15) is 14.7 Å². The number of urea groups is 1. The zero-order valence-electron chi connectivity index (χ0n) is 19.6. The third-order valence-corrected chi connectivity index (χ3v) is 5.99. The number of carbonyl (C=O) groups is 2. The Balaban J connectivity index is 1.29. The number of hydrogen-bond donors (Lipinski definition) is 1. The Labute approximate surface area is 198 Å². The molecule has 2 aromatic carbocycles. The van der Waals surface area contributed by atoms with Gasteiger partial charge < -0.3 is 24.4 Å². The van der Waals surface area contributed by atoms with E-state index in [0.29, 0.717) is 37.6 Å². The third kappa shape index (κ3) is 5.22. The number of para-hydroxylation sites is 1. The summed E-state index contributed by atoms with van der Waals surface area (Å²) in [5.41, 5.74) is 0.481. The second kappa shape index (κ2) is 9.59. The van der Waals surface area contributed by atoms with Crippen LogP contribution in [0.2, 0.25) is 0 Å². The Morgan fingerprint density at radius 1 is 1.09 bits per heavy atom. The molecule has 1 aliphatic rings. The highest BCUT2D eigenvalue weighted by Gasteiger charge is 2.34. The summed E-state index contributed by atoms with van der Waals surface area (Å²) in [6.45, 7) is 4.53. The summed E-state index contributed by atoms with van der Waals surface area (Å²) >= 11 is 0. The van der Waals surface area contributed by atoms with Gasteiger partial charge in [0.2, 0.25) is 0 Å². The number of hydrogen-bond acceptors (Lipinski definition) is 5. The van der Waals surface area contributed by atoms with Gasteiger partial charge in [-0.15, -0.1) is 0 Å². The molecule has 0 radical (unpaired) electrons. The van der Waals surface area contributed by atoms with Crippen LogP contribution in [0.5, 0.6) is 11.5 Å². The molecule has 1 atom stereocenters. The molecule has 1 aliphatic heterocycles. The largest absolute Gasteiger partial charge is 0.494 e. The van der Waals surface area contributed by atoms with Crippen LogP contribution in [0.3, 0.4) is 0 Å². The molecular weight excluding hydrogens is 434 g/mol. The highest BCUT2D eigenvalue weighted by molar-refractivity contribution is 5.79. The molecular formula is C26H29N3O5. The maximum atomic E-state index is 12.7. The second-order valence-corrected chi connectivity index (χ2v) is 8.95. The number of carboxylic acids is 1. The number of likely N-dealkylation sites (N-methyl/N-ethyl adjacent to an activating group) is 1. The highest BCUT2D eigenvalue weighted by Crippen LogP contribution is 2.24. The van der Waals surface area contributed by atoms with Gasteiger partial charge in [-0.2, -0.15) is 0 Å². The van der Waals surface area contributed by atoms with Gasteiger partial charge in [-0.3, -0.25) is 4.98 Å². The number of fused-ring (bicyclic) bond motifs is 1. The fourth-order valence-corrected chi connectivity index (χ4v) is 3.90. The van der Waals surface area contributed by atoms with Crippen LogP contribution in [-0.2, 0) is 11.3 Å². The quantitative estimate of drug-likeness (QED) is 0.512. The molecule has 2 amide bonds. The van der Waals surface area contributed by atoms with E-state index in [4.69, 9.17) is 9.47 Å². The van der Waals surface area contributed by atoms with Gasteiger partial charge in [-0.05, 0) is 50.2 Å². The first-order valence-electron chi connectivity index (χ1n) is 11.2. The van der Waals surface area contributed by atoms with Crippen LogP contribution in [0, 0.1) is 0 Å². The van der Waals surface area contributed by atoms with E-state index in [0.717, 1.165) is 16.6 Å². The maximum absolute atomic E-state index is 12.7. The van der Waals surface area contributed by atoms with Gasteiger partial charge in [0.25, 0.3) is 0 Å². The summed E-state index contributed by atoms with van der Waals surface area (Å²) in [5, 5.41) is 10.3. The highest BCUT2D eigenvalue weighted by atomic mass is 16.5. The van der Waals surface area contributed by atoms with Crippen molar-refractivity contribution >= 4 is 22.9 Å². The van der Waals surface area contributed by atoms with E-state index in [1.807, 2.05) is 48.3 Å². The molecule has 0 spiro atoms. The van der Waals surface area contributed by atoms with E-state index < -0.39 is 11.6 Å². The fourth-order valence-electron chi connectivity index (χ4n) is 3.90. The molecule has 178 valence electrons. The summed E-state index contributed by atoms with van der Waals surface area (Å²) < 4.78 is 11.3. The first-order valence-corrected chi connectivity index (χ1v) is 11.2. The van der Waals surface area contributed by atoms with Crippen molar-refractivity contribution in [1.29, 1.82) is 0 Å². The van der Waals surface area contributed by atoms with Crippen LogP contribution < -0.4 is 9.47 Å². The summed E-state index contributed by atoms with van der Waals surface area (Å²) in [5.74, 6) is 0.0805. The second-order valence-electron chi connectivity index (χ2n) is 8.95. The smallest absolute Gasteiger partial charge is 0.347 e. The summed E-state index contributed by atoms with van der Waals surface area (Å²) in [7, 11) is 1.82. The van der Waals surface area contributed by atoms with E-state index >= 15 is 0 Å². The molecule has 1 fully saturated rings. The van der Waals surface area contributed by atoms with E-state index in [1.165, 1.54) is 13.8 Å². The number of amides is 2. The Morgan fingerprint density at radius 2 is 1.79 bits per heavy atom. The standard InChI is InChI=1S/C26H29N3O5/c1-26(2,24(30)31)34-22-12-10-21(11-13-22)33-15-14-20-17-29(25(32)28(20)3)16-19-9-8-18-6-4-5-7-23(18)27-19/h4-13,20H,14-17H2,1-3H3,(H,30,31)/t20-/m1/s1. The first-order chi connectivity index (χ1) is 16.2. The first kappa shape index (κ1) is 23.4. The van der Waals surface area contributed by atoms with Gasteiger partial charge in [-0.25, -0.2) is 9.59 Å². The van der Waals surface area contributed by atoms with Crippen LogP contribution in [-0.4, -0.2) is 63.7 Å². The van der Waals surface area contributed by atoms with E-state index in [2.05, 4.69) is 4.98 Å². The van der Waals surface area contributed by atoms with Crippen molar-refractivity contribution in [2.75, 3.05) is 20.2 Å². The maximum Gasteiger partial charge on any atom is 0.347 e. The minimum absolute atomic E-state index is 0.0116. The number of aliphatic carboxylic acids is 1. The molecule has 34 heavy (non-hydrogen) atoms. The molecule has 3 aromatic rings. The Bertz CT molecular complexity index is 1180. The number of ether oxygens (including phenoxy) is 2. The third-order valence-electron chi connectivity index (χ3n) is 5.99. The minimum Gasteiger partial charge on any atom is -0.494 e. The molecule has 2 heterocycles. The summed E-state index contributed by atoms with van der Waals surface area (Å²) in [6.07, 6.45) is 0.689. The lowest BCUT2D eigenvalue weighted by molar-refractivity contribution is -0.152.